The quantitative estimate of drug-likeness (QED) is 0.0956. The summed E-state index contributed by atoms with van der Waals surface area (Å²) in [5.41, 5.74) is 6.71. The molecular formula is C47H57IrN2O2S-. The Labute approximate surface area is 335 Å². The van der Waals surface area contributed by atoms with E-state index in [0.717, 1.165) is 76.2 Å². The minimum absolute atomic E-state index is 0. The predicted octanol–water partition coefficient (Wildman–Crippen LogP) is 13.5. The maximum atomic E-state index is 11.7. The van der Waals surface area contributed by atoms with Crippen LogP contribution in [0.25, 0.3) is 42.2 Å². The Morgan fingerprint density at radius 1 is 0.962 bits per heavy atom. The van der Waals surface area contributed by atoms with Gasteiger partial charge in [0.25, 0.3) is 0 Å². The number of thiophene rings is 1. The third-order valence-electron chi connectivity index (χ3n) is 11.5. The number of hydrogen-bond acceptors (Lipinski definition) is 5. The van der Waals surface area contributed by atoms with Crippen molar-refractivity contribution in [1.82, 2.24) is 4.98 Å². The molecule has 3 aromatic carbocycles. The molecule has 0 saturated heterocycles. The summed E-state index contributed by atoms with van der Waals surface area (Å²) in [5.74, 6) is 0.547. The molecule has 1 N–H and O–H groups in total. The van der Waals surface area contributed by atoms with Crippen molar-refractivity contribution in [3.05, 3.63) is 88.8 Å². The number of nitriles is 1. The second kappa shape index (κ2) is 16.6. The molecule has 1 aliphatic rings. The first-order chi connectivity index (χ1) is 24.5. The molecule has 0 amide bonds. The number of fused-ring (bicyclic) bond motifs is 5. The molecule has 0 saturated carbocycles. The summed E-state index contributed by atoms with van der Waals surface area (Å²) in [4.78, 5) is 16.6. The molecule has 1 radical (unpaired) electrons. The summed E-state index contributed by atoms with van der Waals surface area (Å²) in [5, 5.41) is 24.9. The third-order valence-corrected chi connectivity index (χ3v) is 12.6. The first kappa shape index (κ1) is 42.4. The first-order valence-corrected chi connectivity index (χ1v) is 20.0. The fourth-order valence-corrected chi connectivity index (χ4v) is 9.30. The van der Waals surface area contributed by atoms with Gasteiger partial charge >= 0.3 is 0 Å². The number of carbonyl (C=O) groups excluding carboxylic acids is 1. The van der Waals surface area contributed by atoms with Crippen LogP contribution >= 0.6 is 11.3 Å². The molecule has 283 valence electrons. The van der Waals surface area contributed by atoms with Gasteiger partial charge in [-0.15, -0.1) is 40.5 Å². The van der Waals surface area contributed by atoms with Gasteiger partial charge in [0.15, 0.2) is 5.78 Å². The maximum Gasteiger partial charge on any atom is 0.162 e. The van der Waals surface area contributed by atoms with Crippen molar-refractivity contribution in [2.45, 2.75) is 131 Å². The number of hydrogen-bond donors (Lipinski definition) is 1. The molecular weight excluding hydrogens is 849 g/mol. The number of benzene rings is 3. The van der Waals surface area contributed by atoms with Crippen LogP contribution < -0.4 is 0 Å². The number of pyridine rings is 1. The third kappa shape index (κ3) is 8.34. The Balaban J connectivity index is 0.000000335. The fraction of sp³-hybridized carbons (Fsp3) is 0.468. The molecule has 2 heterocycles. The smallest absolute Gasteiger partial charge is 0.162 e. The van der Waals surface area contributed by atoms with Gasteiger partial charge in [-0.05, 0) is 83.4 Å². The Bertz CT molecular complexity index is 2190. The Morgan fingerprint density at radius 3 is 2.19 bits per heavy atom. The standard InChI is InChI=1S/C34H33N2S.C13H24O2.Ir/c1-32(2,3)25-17-21(16-20-10-8-9-11-22(20)25)30-31-23(12-15-36-30)28-24(19-35)29-26(18-27(28)37-31)33(4,5)13-14-34(29,6)7;1-5-10(6-2)12(14)9-13(15)11(7-3)8-4;/h8-12,15,17-18H,13-14H2,1-7H3;9-11,14H,5-8H2,1-4H3;/q-1;;/b;12-9-;. The monoisotopic (exact) mass is 906 g/mol. The topological polar surface area (TPSA) is 74.0 Å². The van der Waals surface area contributed by atoms with Crippen molar-refractivity contribution in [2.24, 2.45) is 11.8 Å². The number of aliphatic hydroxyl groups is 1. The Morgan fingerprint density at radius 2 is 1.58 bits per heavy atom. The average Bonchev–Trinajstić information content (AvgIpc) is 3.49. The van der Waals surface area contributed by atoms with Crippen LogP contribution in [0, 0.1) is 29.2 Å². The van der Waals surface area contributed by atoms with Crippen molar-refractivity contribution in [3.8, 4) is 17.3 Å². The Kier molecular flexibility index (Phi) is 13.2. The van der Waals surface area contributed by atoms with Gasteiger partial charge < -0.3 is 5.11 Å². The SMILES string of the molecule is CC(C)(C)c1cc(-c2nccc3c2sc2cc4c(c(C#N)c23)C(C)(C)CCC4(C)C)[c-]c2ccccc12.CCC(CC)C(=O)/C=C(\O)C(CC)CC.[Ir]. The van der Waals surface area contributed by atoms with Gasteiger partial charge in [-0.1, -0.05) is 105 Å². The Hall–Kier alpha value is -3.36. The van der Waals surface area contributed by atoms with E-state index < -0.39 is 0 Å². The number of aliphatic hydroxyl groups excluding tert-OH is 1. The summed E-state index contributed by atoms with van der Waals surface area (Å²) in [7, 11) is 0. The molecule has 5 aromatic rings. The van der Waals surface area contributed by atoms with Crippen LogP contribution in [0.2, 0.25) is 0 Å². The molecule has 6 rings (SSSR count). The largest absolute Gasteiger partial charge is 0.512 e. The van der Waals surface area contributed by atoms with E-state index >= 15 is 0 Å². The van der Waals surface area contributed by atoms with E-state index in [1.54, 1.807) is 11.3 Å². The van der Waals surface area contributed by atoms with Crippen molar-refractivity contribution in [3.63, 3.8) is 0 Å². The van der Waals surface area contributed by atoms with E-state index in [0.29, 0.717) is 0 Å². The van der Waals surface area contributed by atoms with Crippen LogP contribution in [-0.4, -0.2) is 15.9 Å². The van der Waals surface area contributed by atoms with E-state index in [2.05, 4.69) is 103 Å². The van der Waals surface area contributed by atoms with E-state index in [4.69, 9.17) is 4.98 Å². The summed E-state index contributed by atoms with van der Waals surface area (Å²) in [6.45, 7) is 24.1. The normalized spacial score (nSPS) is 15.2. The van der Waals surface area contributed by atoms with Crippen molar-refractivity contribution in [1.29, 1.82) is 5.26 Å². The first-order valence-electron chi connectivity index (χ1n) is 19.2. The van der Waals surface area contributed by atoms with E-state index in [-0.39, 0.29) is 59.7 Å². The second-order valence-corrected chi connectivity index (χ2v) is 18.0. The van der Waals surface area contributed by atoms with Gasteiger partial charge in [-0.3, -0.25) is 9.78 Å². The van der Waals surface area contributed by atoms with Gasteiger partial charge in [0.2, 0.25) is 0 Å². The number of ketones is 1. The van der Waals surface area contributed by atoms with Crippen molar-refractivity contribution < 1.29 is 30.0 Å². The van der Waals surface area contributed by atoms with Gasteiger partial charge in [-0.2, -0.15) is 5.26 Å². The molecule has 6 heteroatoms. The number of rotatable bonds is 8. The van der Waals surface area contributed by atoms with Crippen molar-refractivity contribution in [2.75, 3.05) is 0 Å². The van der Waals surface area contributed by atoms with Crippen molar-refractivity contribution >= 4 is 48.1 Å². The van der Waals surface area contributed by atoms with Crippen LogP contribution in [0.5, 0.6) is 0 Å². The molecule has 0 unspecified atom stereocenters. The molecule has 4 nitrogen and oxygen atoms in total. The molecule has 0 spiro atoms. The van der Waals surface area contributed by atoms with Crippen LogP contribution in [0.4, 0.5) is 0 Å². The number of carbonyl (C=O) groups is 1. The van der Waals surface area contributed by atoms with Gasteiger partial charge in [0, 0.05) is 64.7 Å². The maximum absolute atomic E-state index is 11.7. The molecule has 2 aromatic heterocycles. The van der Waals surface area contributed by atoms with E-state index in [9.17, 15) is 15.2 Å². The summed E-state index contributed by atoms with van der Waals surface area (Å²) >= 11 is 1.77. The summed E-state index contributed by atoms with van der Waals surface area (Å²) < 4.78 is 2.32. The number of aromatic nitrogens is 1. The molecule has 53 heavy (non-hydrogen) atoms. The molecule has 1 aliphatic carbocycles. The zero-order valence-electron chi connectivity index (χ0n) is 33.6. The molecule has 0 bridgehead atoms. The van der Waals surface area contributed by atoms with E-state index in [1.807, 2.05) is 33.9 Å². The summed E-state index contributed by atoms with van der Waals surface area (Å²) in [6, 6.07) is 21.6. The zero-order valence-corrected chi connectivity index (χ0v) is 36.8. The zero-order chi connectivity index (χ0) is 38.2. The minimum atomic E-state index is -0.0258. The minimum Gasteiger partial charge on any atom is -0.512 e. The fourth-order valence-electron chi connectivity index (χ4n) is 8.05. The number of allylic oxidation sites excluding steroid dienone is 2. The van der Waals surface area contributed by atoms with Crippen LogP contribution in [0.15, 0.2) is 60.5 Å². The van der Waals surface area contributed by atoms with Crippen LogP contribution in [-0.2, 0) is 41.1 Å². The van der Waals surface area contributed by atoms with Crippen LogP contribution in [0.3, 0.4) is 0 Å². The van der Waals surface area contributed by atoms with Gasteiger partial charge in [0.1, 0.15) is 6.07 Å². The number of nitrogens with zero attached hydrogens (tertiary/aromatic N) is 2. The molecule has 0 fully saturated rings. The van der Waals surface area contributed by atoms with Gasteiger partial charge in [-0.25, -0.2) is 0 Å². The van der Waals surface area contributed by atoms with E-state index in [1.165, 1.54) is 32.9 Å². The predicted molar refractivity (Wildman–Crippen MR) is 221 cm³/mol. The second-order valence-electron chi connectivity index (χ2n) is 17.0. The van der Waals surface area contributed by atoms with Crippen LogP contribution in [0.1, 0.15) is 137 Å². The molecule has 0 aliphatic heterocycles. The molecule has 0 atom stereocenters. The van der Waals surface area contributed by atoms with Gasteiger partial charge in [0.05, 0.1) is 11.3 Å². The summed E-state index contributed by atoms with van der Waals surface area (Å²) in [6.07, 6.45) is 9.02. The average molecular weight is 906 g/mol.